The number of unbranched alkanes of at least 4 members (excludes halogenated alkanes) is 1. The molecule has 1 fully saturated rings. The summed E-state index contributed by atoms with van der Waals surface area (Å²) in [6, 6.07) is 0. The van der Waals surface area contributed by atoms with Gasteiger partial charge in [0.1, 0.15) is 0 Å². The molecule has 0 unspecified atom stereocenters. The number of piperidine rings is 1. The number of hydrogen-bond donors (Lipinski definition) is 2. The fourth-order valence-electron chi connectivity index (χ4n) is 2.00. The van der Waals surface area contributed by atoms with Gasteiger partial charge >= 0.3 is 0 Å². The summed E-state index contributed by atoms with van der Waals surface area (Å²) < 4.78 is 5.42. The maximum absolute atomic E-state index is 12.0. The number of nitrogens with one attached hydrogen (secondary N) is 2. The van der Waals surface area contributed by atoms with Gasteiger partial charge in [-0.1, -0.05) is 20.3 Å². The van der Waals surface area contributed by atoms with Crippen molar-refractivity contribution in [3.63, 3.8) is 0 Å². The Morgan fingerprint density at radius 2 is 2.06 bits per heavy atom. The van der Waals surface area contributed by atoms with Crippen molar-refractivity contribution >= 4 is 5.91 Å². The van der Waals surface area contributed by atoms with Crippen molar-refractivity contribution in [2.24, 2.45) is 5.41 Å². The van der Waals surface area contributed by atoms with Crippen LogP contribution in [0, 0.1) is 5.41 Å². The van der Waals surface area contributed by atoms with Crippen LogP contribution in [0.15, 0.2) is 0 Å². The lowest BCUT2D eigenvalue weighted by Crippen LogP contribution is -2.46. The number of rotatable bonds is 7. The maximum atomic E-state index is 12.0. The molecular weight excluding hydrogens is 216 g/mol. The summed E-state index contributed by atoms with van der Waals surface area (Å²) in [5.41, 5.74) is -0.186. The van der Waals surface area contributed by atoms with E-state index in [1.54, 1.807) is 0 Å². The van der Waals surface area contributed by atoms with Crippen molar-refractivity contribution < 1.29 is 9.53 Å². The minimum Gasteiger partial charge on any atom is -0.380 e. The predicted molar refractivity (Wildman–Crippen MR) is 68.9 cm³/mol. The van der Waals surface area contributed by atoms with E-state index in [1.165, 1.54) is 0 Å². The molecule has 1 aliphatic rings. The van der Waals surface area contributed by atoms with E-state index in [0.29, 0.717) is 13.2 Å². The van der Waals surface area contributed by atoms with Crippen LogP contribution in [0.3, 0.4) is 0 Å². The SMILES string of the molecule is CCCCOCCNC(=O)C1(C)CCNCC1. The van der Waals surface area contributed by atoms with Crippen molar-refractivity contribution in [1.82, 2.24) is 10.6 Å². The molecule has 0 aromatic heterocycles. The van der Waals surface area contributed by atoms with E-state index in [-0.39, 0.29) is 11.3 Å². The zero-order valence-corrected chi connectivity index (χ0v) is 11.2. The molecule has 0 spiro atoms. The molecule has 17 heavy (non-hydrogen) atoms. The van der Waals surface area contributed by atoms with E-state index in [9.17, 15) is 4.79 Å². The minimum atomic E-state index is -0.186. The molecule has 4 nitrogen and oxygen atoms in total. The Hall–Kier alpha value is -0.610. The van der Waals surface area contributed by atoms with Gasteiger partial charge in [-0.25, -0.2) is 0 Å². The van der Waals surface area contributed by atoms with E-state index in [4.69, 9.17) is 4.74 Å². The molecule has 1 amide bonds. The highest BCUT2D eigenvalue weighted by Gasteiger charge is 2.33. The second-order valence-corrected chi connectivity index (χ2v) is 5.03. The fraction of sp³-hybridized carbons (Fsp3) is 0.923. The number of amides is 1. The Morgan fingerprint density at radius 3 is 2.71 bits per heavy atom. The molecule has 0 aromatic rings. The number of ether oxygens (including phenoxy) is 1. The molecule has 0 radical (unpaired) electrons. The van der Waals surface area contributed by atoms with Gasteiger partial charge in [-0.3, -0.25) is 4.79 Å². The van der Waals surface area contributed by atoms with Crippen molar-refractivity contribution in [3.8, 4) is 0 Å². The van der Waals surface area contributed by atoms with Crippen LogP contribution >= 0.6 is 0 Å². The van der Waals surface area contributed by atoms with Gasteiger partial charge in [-0.2, -0.15) is 0 Å². The third-order valence-corrected chi connectivity index (χ3v) is 3.43. The fourth-order valence-corrected chi connectivity index (χ4v) is 2.00. The predicted octanol–water partition coefficient (Wildman–Crippen LogP) is 1.31. The average Bonchev–Trinajstić information content (AvgIpc) is 2.34. The van der Waals surface area contributed by atoms with Crippen LogP contribution in [-0.4, -0.2) is 38.8 Å². The first-order valence-corrected chi connectivity index (χ1v) is 6.76. The normalized spacial score (nSPS) is 18.9. The molecule has 1 rings (SSSR count). The van der Waals surface area contributed by atoms with Crippen molar-refractivity contribution in [2.45, 2.75) is 39.5 Å². The molecule has 0 aromatic carbocycles. The molecule has 0 bridgehead atoms. The zero-order chi connectivity index (χ0) is 12.6. The summed E-state index contributed by atoms with van der Waals surface area (Å²) in [6.45, 7) is 8.14. The second-order valence-electron chi connectivity index (χ2n) is 5.03. The summed E-state index contributed by atoms with van der Waals surface area (Å²) in [7, 11) is 0. The first-order valence-electron chi connectivity index (χ1n) is 6.76. The molecule has 1 aliphatic heterocycles. The van der Waals surface area contributed by atoms with Gasteiger partial charge in [-0.15, -0.1) is 0 Å². The summed E-state index contributed by atoms with van der Waals surface area (Å²) in [5, 5.41) is 6.26. The third kappa shape index (κ3) is 5.04. The van der Waals surface area contributed by atoms with Crippen molar-refractivity contribution in [3.05, 3.63) is 0 Å². The summed E-state index contributed by atoms with van der Waals surface area (Å²) in [6.07, 6.45) is 4.10. The van der Waals surface area contributed by atoms with Crippen LogP contribution in [0.5, 0.6) is 0 Å². The quantitative estimate of drug-likeness (QED) is 0.662. The third-order valence-electron chi connectivity index (χ3n) is 3.43. The molecule has 1 heterocycles. The minimum absolute atomic E-state index is 0.179. The molecule has 0 saturated carbocycles. The smallest absolute Gasteiger partial charge is 0.226 e. The molecular formula is C13H26N2O2. The van der Waals surface area contributed by atoms with Crippen LogP contribution in [0.2, 0.25) is 0 Å². The average molecular weight is 242 g/mol. The summed E-state index contributed by atoms with van der Waals surface area (Å²) >= 11 is 0. The van der Waals surface area contributed by atoms with Gasteiger partial charge in [-0.05, 0) is 32.4 Å². The molecule has 4 heteroatoms. The maximum Gasteiger partial charge on any atom is 0.226 e. The highest BCUT2D eigenvalue weighted by Crippen LogP contribution is 2.27. The van der Waals surface area contributed by atoms with Crippen LogP contribution in [0.1, 0.15) is 39.5 Å². The molecule has 100 valence electrons. The molecule has 0 aliphatic carbocycles. The standard InChI is InChI=1S/C13H26N2O2/c1-3-4-10-17-11-9-15-12(16)13(2)5-7-14-8-6-13/h14H,3-11H2,1-2H3,(H,15,16). The second kappa shape index (κ2) is 7.67. The Balaban J connectivity index is 2.11. The van der Waals surface area contributed by atoms with E-state index < -0.39 is 0 Å². The highest BCUT2D eigenvalue weighted by atomic mass is 16.5. The van der Waals surface area contributed by atoms with E-state index in [1.807, 2.05) is 0 Å². The lowest BCUT2D eigenvalue weighted by Gasteiger charge is -2.32. The highest BCUT2D eigenvalue weighted by molar-refractivity contribution is 5.82. The summed E-state index contributed by atoms with van der Waals surface area (Å²) in [4.78, 5) is 12.0. The molecule has 1 saturated heterocycles. The topological polar surface area (TPSA) is 50.4 Å². The number of hydrogen-bond acceptors (Lipinski definition) is 3. The van der Waals surface area contributed by atoms with Crippen LogP contribution in [0.4, 0.5) is 0 Å². The van der Waals surface area contributed by atoms with Gasteiger partial charge < -0.3 is 15.4 Å². The Bertz CT molecular complexity index is 225. The lowest BCUT2D eigenvalue weighted by molar-refractivity contribution is -0.131. The number of carbonyl (C=O) groups is 1. The molecule has 2 N–H and O–H groups in total. The largest absolute Gasteiger partial charge is 0.380 e. The van der Waals surface area contributed by atoms with Crippen molar-refractivity contribution in [1.29, 1.82) is 0 Å². The zero-order valence-electron chi connectivity index (χ0n) is 11.2. The van der Waals surface area contributed by atoms with Crippen LogP contribution in [0.25, 0.3) is 0 Å². The Morgan fingerprint density at radius 1 is 1.35 bits per heavy atom. The monoisotopic (exact) mass is 242 g/mol. The van der Waals surface area contributed by atoms with Gasteiger partial charge in [0, 0.05) is 18.6 Å². The van der Waals surface area contributed by atoms with Crippen molar-refractivity contribution in [2.75, 3.05) is 32.8 Å². The Labute approximate surface area is 104 Å². The summed E-state index contributed by atoms with van der Waals surface area (Å²) in [5.74, 6) is 0.179. The van der Waals surface area contributed by atoms with Gasteiger partial charge in [0.2, 0.25) is 5.91 Å². The lowest BCUT2D eigenvalue weighted by atomic mass is 9.80. The van der Waals surface area contributed by atoms with Gasteiger partial charge in [0.05, 0.1) is 6.61 Å². The number of carbonyl (C=O) groups excluding carboxylic acids is 1. The molecule has 0 atom stereocenters. The van der Waals surface area contributed by atoms with E-state index in [0.717, 1.165) is 45.4 Å². The van der Waals surface area contributed by atoms with Gasteiger partial charge in [0.15, 0.2) is 0 Å². The first kappa shape index (κ1) is 14.5. The Kier molecular flexibility index (Phi) is 6.52. The van der Waals surface area contributed by atoms with Crippen LogP contribution < -0.4 is 10.6 Å². The van der Waals surface area contributed by atoms with E-state index >= 15 is 0 Å². The van der Waals surface area contributed by atoms with Gasteiger partial charge in [0.25, 0.3) is 0 Å². The first-order chi connectivity index (χ1) is 8.19. The van der Waals surface area contributed by atoms with Crippen LogP contribution in [-0.2, 0) is 9.53 Å². The van der Waals surface area contributed by atoms with E-state index in [2.05, 4.69) is 24.5 Å².